The summed E-state index contributed by atoms with van der Waals surface area (Å²) in [4.78, 5) is 16.9. The molecule has 1 N–H and O–H groups in total. The van der Waals surface area contributed by atoms with Crippen LogP contribution in [0, 0.1) is 5.92 Å². The third-order valence-electron chi connectivity index (χ3n) is 5.02. The Morgan fingerprint density at radius 3 is 2.58 bits per heavy atom. The van der Waals surface area contributed by atoms with Gasteiger partial charge in [0.15, 0.2) is 5.60 Å². The second kappa shape index (κ2) is 7.26. The second-order valence-electron chi connectivity index (χ2n) is 6.76. The lowest BCUT2D eigenvalue weighted by molar-refractivity contribution is -0.174. The Morgan fingerprint density at radius 1 is 1.25 bits per heavy atom. The molecular formula is C19H26N2O3. The smallest absolute Gasteiger partial charge is 0.343 e. The van der Waals surface area contributed by atoms with Crippen molar-refractivity contribution in [1.29, 1.82) is 0 Å². The van der Waals surface area contributed by atoms with Gasteiger partial charge in [-0.15, -0.1) is 0 Å². The van der Waals surface area contributed by atoms with E-state index < -0.39 is 11.6 Å². The van der Waals surface area contributed by atoms with E-state index in [9.17, 15) is 9.90 Å². The van der Waals surface area contributed by atoms with Gasteiger partial charge in [-0.05, 0) is 18.4 Å². The summed E-state index contributed by atoms with van der Waals surface area (Å²) in [6, 6.07) is 9.23. The van der Waals surface area contributed by atoms with Gasteiger partial charge in [-0.3, -0.25) is 0 Å². The fourth-order valence-corrected chi connectivity index (χ4v) is 3.66. The van der Waals surface area contributed by atoms with E-state index in [4.69, 9.17) is 4.74 Å². The molecule has 1 aromatic carbocycles. The van der Waals surface area contributed by atoms with Crippen molar-refractivity contribution in [3.05, 3.63) is 48.3 Å². The fourth-order valence-electron chi connectivity index (χ4n) is 3.66. The van der Waals surface area contributed by atoms with E-state index in [2.05, 4.69) is 9.80 Å². The first-order valence-electron chi connectivity index (χ1n) is 8.68. The fraction of sp³-hybridized carbons (Fsp3) is 0.526. The summed E-state index contributed by atoms with van der Waals surface area (Å²) in [5, 5.41) is 11.3. The number of ether oxygens (including phenoxy) is 1. The van der Waals surface area contributed by atoms with Crippen LogP contribution in [0.5, 0.6) is 0 Å². The summed E-state index contributed by atoms with van der Waals surface area (Å²) in [5.74, 6) is -0.581. The van der Waals surface area contributed by atoms with Crippen molar-refractivity contribution in [2.45, 2.75) is 31.3 Å². The van der Waals surface area contributed by atoms with Crippen LogP contribution in [0.4, 0.5) is 0 Å². The molecule has 0 amide bonds. The highest BCUT2D eigenvalue weighted by atomic mass is 16.5. The summed E-state index contributed by atoms with van der Waals surface area (Å²) >= 11 is 0. The largest absolute Gasteiger partial charge is 0.461 e. The number of carbonyl (C=O) groups excluding carboxylic acids is 1. The highest BCUT2D eigenvalue weighted by Crippen LogP contribution is 2.41. The van der Waals surface area contributed by atoms with Crippen LogP contribution in [0.25, 0.3) is 0 Å². The highest BCUT2D eigenvalue weighted by Gasteiger charge is 2.47. The first-order chi connectivity index (χ1) is 11.6. The van der Waals surface area contributed by atoms with Crippen LogP contribution in [-0.2, 0) is 15.1 Å². The third kappa shape index (κ3) is 3.41. The lowest BCUT2D eigenvalue weighted by Crippen LogP contribution is -2.44. The van der Waals surface area contributed by atoms with Gasteiger partial charge in [0, 0.05) is 25.4 Å². The number of rotatable bonds is 6. The number of aliphatic hydroxyl groups is 1. The molecule has 2 aliphatic rings. The van der Waals surface area contributed by atoms with Gasteiger partial charge in [0.1, 0.15) is 6.61 Å². The van der Waals surface area contributed by atoms with E-state index in [1.807, 2.05) is 49.8 Å². The predicted molar refractivity (Wildman–Crippen MR) is 91.7 cm³/mol. The van der Waals surface area contributed by atoms with Gasteiger partial charge < -0.3 is 19.6 Å². The van der Waals surface area contributed by atoms with Gasteiger partial charge in [0.2, 0.25) is 0 Å². The predicted octanol–water partition coefficient (Wildman–Crippen LogP) is 2.28. The molecule has 1 saturated carbocycles. The lowest BCUT2D eigenvalue weighted by Gasteiger charge is -2.32. The van der Waals surface area contributed by atoms with Crippen LogP contribution in [0.3, 0.4) is 0 Å². The zero-order valence-corrected chi connectivity index (χ0v) is 14.2. The van der Waals surface area contributed by atoms with Crippen molar-refractivity contribution >= 4 is 5.97 Å². The van der Waals surface area contributed by atoms with Crippen LogP contribution < -0.4 is 0 Å². The monoisotopic (exact) mass is 330 g/mol. The van der Waals surface area contributed by atoms with Crippen molar-refractivity contribution in [3.8, 4) is 0 Å². The Kier molecular flexibility index (Phi) is 5.09. The summed E-state index contributed by atoms with van der Waals surface area (Å²) in [6.07, 6.45) is 7.80. The Balaban J connectivity index is 1.66. The molecule has 24 heavy (non-hydrogen) atoms. The molecule has 5 heteroatoms. The van der Waals surface area contributed by atoms with E-state index in [1.54, 1.807) is 0 Å². The normalized spacial score (nSPS) is 20.4. The molecule has 0 spiro atoms. The second-order valence-corrected chi connectivity index (χ2v) is 6.76. The standard InChI is InChI=1S/C19H26N2O3/c1-20-11-12-21(15-20)13-14-24-18(22)19(23,17-9-5-6-10-17)16-7-3-2-4-8-16/h2-4,7-8,11-12,17,23H,5-6,9-10,13-15H2,1H3. The maximum absolute atomic E-state index is 12.8. The number of hydrogen-bond donors (Lipinski definition) is 1. The van der Waals surface area contributed by atoms with E-state index in [0.29, 0.717) is 12.1 Å². The van der Waals surface area contributed by atoms with Crippen LogP contribution in [-0.4, -0.2) is 47.7 Å². The average molecular weight is 330 g/mol. The molecule has 1 fully saturated rings. The number of esters is 1. The topological polar surface area (TPSA) is 53.0 Å². The van der Waals surface area contributed by atoms with Crippen molar-refractivity contribution in [3.63, 3.8) is 0 Å². The molecule has 0 bridgehead atoms. The maximum atomic E-state index is 12.8. The molecule has 130 valence electrons. The van der Waals surface area contributed by atoms with Crippen molar-refractivity contribution in [2.24, 2.45) is 5.92 Å². The van der Waals surface area contributed by atoms with E-state index in [0.717, 1.165) is 32.4 Å². The van der Waals surface area contributed by atoms with Gasteiger partial charge in [-0.2, -0.15) is 0 Å². The summed E-state index contributed by atoms with van der Waals surface area (Å²) in [5.41, 5.74) is -0.891. The minimum Gasteiger partial charge on any atom is -0.461 e. The van der Waals surface area contributed by atoms with Gasteiger partial charge in [-0.1, -0.05) is 43.2 Å². The van der Waals surface area contributed by atoms with E-state index in [-0.39, 0.29) is 12.5 Å². The molecule has 1 aliphatic carbocycles. The van der Waals surface area contributed by atoms with E-state index in [1.165, 1.54) is 0 Å². The minimum atomic E-state index is -1.53. The zero-order chi connectivity index (χ0) is 17.0. The van der Waals surface area contributed by atoms with Crippen molar-refractivity contribution in [2.75, 3.05) is 26.9 Å². The van der Waals surface area contributed by atoms with Crippen LogP contribution in [0.15, 0.2) is 42.7 Å². The lowest BCUT2D eigenvalue weighted by atomic mass is 9.80. The Morgan fingerprint density at radius 2 is 1.96 bits per heavy atom. The first-order valence-corrected chi connectivity index (χ1v) is 8.68. The van der Waals surface area contributed by atoms with Crippen molar-refractivity contribution in [1.82, 2.24) is 9.80 Å². The molecule has 0 aromatic heterocycles. The van der Waals surface area contributed by atoms with E-state index >= 15 is 0 Å². The molecule has 1 aliphatic heterocycles. The molecule has 0 saturated heterocycles. The number of nitrogens with zero attached hydrogens (tertiary/aromatic N) is 2. The Bertz CT molecular complexity index is 584. The molecular weight excluding hydrogens is 304 g/mol. The highest BCUT2D eigenvalue weighted by molar-refractivity contribution is 5.81. The van der Waals surface area contributed by atoms with Gasteiger partial charge in [0.05, 0.1) is 13.2 Å². The minimum absolute atomic E-state index is 0.0646. The van der Waals surface area contributed by atoms with Gasteiger partial charge in [-0.25, -0.2) is 4.79 Å². The summed E-state index contributed by atoms with van der Waals surface area (Å²) in [6.45, 7) is 1.70. The first kappa shape index (κ1) is 16.8. The molecule has 1 atom stereocenters. The van der Waals surface area contributed by atoms with Gasteiger partial charge in [0.25, 0.3) is 0 Å². The van der Waals surface area contributed by atoms with Crippen LogP contribution in [0.2, 0.25) is 0 Å². The van der Waals surface area contributed by atoms with Crippen molar-refractivity contribution < 1.29 is 14.6 Å². The quantitative estimate of drug-likeness (QED) is 0.811. The third-order valence-corrected chi connectivity index (χ3v) is 5.02. The molecule has 5 nitrogen and oxygen atoms in total. The molecule has 1 heterocycles. The molecule has 3 rings (SSSR count). The number of carbonyl (C=O) groups is 1. The molecule has 1 unspecified atom stereocenters. The molecule has 1 aromatic rings. The zero-order valence-electron chi connectivity index (χ0n) is 14.2. The van der Waals surface area contributed by atoms with Crippen LogP contribution >= 0.6 is 0 Å². The van der Waals surface area contributed by atoms with Gasteiger partial charge >= 0.3 is 5.97 Å². The Labute approximate surface area is 143 Å². The Hall–Kier alpha value is -2.01. The average Bonchev–Trinajstić information content (AvgIpc) is 3.27. The maximum Gasteiger partial charge on any atom is 0.343 e. The molecule has 0 radical (unpaired) electrons. The number of hydrogen-bond acceptors (Lipinski definition) is 5. The van der Waals surface area contributed by atoms with Crippen LogP contribution in [0.1, 0.15) is 31.2 Å². The summed E-state index contributed by atoms with van der Waals surface area (Å²) < 4.78 is 5.49. The number of benzene rings is 1. The summed E-state index contributed by atoms with van der Waals surface area (Å²) in [7, 11) is 2.00. The SMILES string of the molecule is CN1C=CN(CCOC(=O)C(O)(c2ccccc2)C2CCCC2)C1.